The van der Waals surface area contributed by atoms with Crippen LogP contribution < -0.4 is 10.6 Å². The van der Waals surface area contributed by atoms with Gasteiger partial charge in [-0.2, -0.15) is 0 Å². The first-order valence-corrected chi connectivity index (χ1v) is 15.8. The molecule has 2 N–H and O–H groups in total. The Labute approximate surface area is 244 Å². The Morgan fingerprint density at radius 2 is 1.86 bits per heavy atom. The molecule has 0 aliphatic carbocycles. The summed E-state index contributed by atoms with van der Waals surface area (Å²) in [5.74, 6) is -0.454. The van der Waals surface area contributed by atoms with Gasteiger partial charge in [0.1, 0.15) is 5.82 Å². The number of piperidine rings is 2. The molecule has 12 nitrogen and oxygen atoms in total. The van der Waals surface area contributed by atoms with E-state index in [4.69, 9.17) is 0 Å². The number of amides is 3. The number of carbonyl (C=O) groups is 2. The summed E-state index contributed by atoms with van der Waals surface area (Å²) in [5.41, 5.74) is 2.24. The highest BCUT2D eigenvalue weighted by Gasteiger charge is 2.41. The van der Waals surface area contributed by atoms with Gasteiger partial charge in [-0.15, -0.1) is 5.10 Å². The Bertz CT molecular complexity index is 1530. The van der Waals surface area contributed by atoms with Gasteiger partial charge in [-0.05, 0) is 71.9 Å². The first-order chi connectivity index (χ1) is 20.1. The standard InChI is InChI=1S/C28H35FN8O4S/c1-35-26(32-33-34-35)21-6-3-7-23(16-21)30-28(39)31-25-12-14-37(42(2,40)41)18-24(25)27(38)36-13-4-5-20(17-36)15-19-8-10-22(29)11-9-19/h3,6-11,16,20,24-25H,4-5,12-15,17-18H2,1-2H3,(H2,30,31,39)/t20?,24-,25-/m1/s1. The van der Waals surface area contributed by atoms with E-state index >= 15 is 0 Å². The number of nitrogens with one attached hydrogen (secondary N) is 2. The fraction of sp³-hybridized carbons (Fsp3) is 0.464. The number of nitrogens with zero attached hydrogens (tertiary/aromatic N) is 6. The molecule has 0 spiro atoms. The number of rotatable bonds is 7. The predicted molar refractivity (Wildman–Crippen MR) is 154 cm³/mol. The molecule has 3 atom stereocenters. The molecule has 3 amide bonds. The van der Waals surface area contributed by atoms with Crippen molar-refractivity contribution >= 4 is 27.6 Å². The quantitative estimate of drug-likeness (QED) is 0.425. The number of benzene rings is 2. The number of hydrogen-bond donors (Lipinski definition) is 2. The van der Waals surface area contributed by atoms with Crippen molar-refractivity contribution in [1.29, 1.82) is 0 Å². The van der Waals surface area contributed by atoms with Crippen LogP contribution in [0.2, 0.25) is 0 Å². The molecule has 2 saturated heterocycles. The molecule has 1 unspecified atom stereocenters. The average molecular weight is 599 g/mol. The maximum Gasteiger partial charge on any atom is 0.319 e. The fourth-order valence-electron chi connectivity index (χ4n) is 5.81. The number of aromatic nitrogens is 4. The molecule has 42 heavy (non-hydrogen) atoms. The minimum absolute atomic E-state index is 0.00359. The summed E-state index contributed by atoms with van der Waals surface area (Å²) >= 11 is 0. The molecule has 3 aromatic rings. The molecule has 0 radical (unpaired) electrons. The van der Waals surface area contributed by atoms with Crippen molar-refractivity contribution < 1.29 is 22.4 Å². The van der Waals surface area contributed by atoms with Gasteiger partial charge < -0.3 is 15.5 Å². The fourth-order valence-corrected chi connectivity index (χ4v) is 6.68. The summed E-state index contributed by atoms with van der Waals surface area (Å²) in [4.78, 5) is 28.8. The number of tetrazole rings is 1. The molecule has 14 heteroatoms. The molecule has 0 saturated carbocycles. The zero-order valence-corrected chi connectivity index (χ0v) is 24.4. The largest absolute Gasteiger partial charge is 0.342 e. The lowest BCUT2D eigenvalue weighted by Gasteiger charge is -2.41. The summed E-state index contributed by atoms with van der Waals surface area (Å²) in [7, 11) is -1.81. The van der Waals surface area contributed by atoms with E-state index in [1.807, 2.05) is 6.07 Å². The van der Waals surface area contributed by atoms with Gasteiger partial charge in [-0.1, -0.05) is 24.3 Å². The summed E-state index contributed by atoms with van der Waals surface area (Å²) in [6.45, 7) is 1.29. The second-order valence-electron chi connectivity index (χ2n) is 11.1. The van der Waals surface area contributed by atoms with Gasteiger partial charge in [0, 0.05) is 50.5 Å². The van der Waals surface area contributed by atoms with Crippen molar-refractivity contribution in [2.45, 2.75) is 31.7 Å². The Morgan fingerprint density at radius 1 is 1.07 bits per heavy atom. The molecule has 3 heterocycles. The Balaban J connectivity index is 1.27. The Morgan fingerprint density at radius 3 is 2.57 bits per heavy atom. The van der Waals surface area contributed by atoms with Gasteiger partial charge in [0.15, 0.2) is 5.82 Å². The van der Waals surface area contributed by atoms with Gasteiger partial charge >= 0.3 is 6.03 Å². The van der Waals surface area contributed by atoms with Gasteiger partial charge in [0.25, 0.3) is 0 Å². The lowest BCUT2D eigenvalue weighted by atomic mass is 9.88. The maximum absolute atomic E-state index is 13.9. The van der Waals surface area contributed by atoms with Gasteiger partial charge in [-0.25, -0.2) is 26.6 Å². The van der Waals surface area contributed by atoms with Crippen LogP contribution >= 0.6 is 0 Å². The van der Waals surface area contributed by atoms with E-state index in [0.29, 0.717) is 31.0 Å². The zero-order chi connectivity index (χ0) is 29.9. The summed E-state index contributed by atoms with van der Waals surface area (Å²) in [6.07, 6.45) is 3.91. The third-order valence-electron chi connectivity index (χ3n) is 7.95. The van der Waals surface area contributed by atoms with Gasteiger partial charge in [0.2, 0.25) is 15.9 Å². The van der Waals surface area contributed by atoms with E-state index in [0.717, 1.165) is 36.6 Å². The molecule has 5 rings (SSSR count). The van der Waals surface area contributed by atoms with Crippen LogP contribution in [0.5, 0.6) is 0 Å². The maximum atomic E-state index is 13.9. The van der Waals surface area contributed by atoms with Crippen molar-refractivity contribution in [2.24, 2.45) is 18.9 Å². The molecular weight excluding hydrogens is 563 g/mol. The highest BCUT2D eigenvalue weighted by molar-refractivity contribution is 7.88. The van der Waals surface area contributed by atoms with E-state index in [-0.39, 0.29) is 30.7 Å². The normalized spacial score (nSPS) is 21.6. The highest BCUT2D eigenvalue weighted by atomic mass is 32.2. The molecule has 224 valence electrons. The number of urea groups is 1. The van der Waals surface area contributed by atoms with E-state index in [9.17, 15) is 22.4 Å². The van der Waals surface area contributed by atoms with Crippen molar-refractivity contribution in [3.05, 3.63) is 59.9 Å². The minimum atomic E-state index is -3.52. The number of anilines is 1. The molecule has 2 aliphatic heterocycles. The first kappa shape index (κ1) is 29.6. The van der Waals surface area contributed by atoms with Crippen molar-refractivity contribution in [3.63, 3.8) is 0 Å². The van der Waals surface area contributed by atoms with Gasteiger partial charge in [-0.3, -0.25) is 4.79 Å². The Kier molecular flexibility index (Phi) is 8.82. The zero-order valence-electron chi connectivity index (χ0n) is 23.6. The third kappa shape index (κ3) is 7.10. The first-order valence-electron chi connectivity index (χ1n) is 14.0. The lowest BCUT2D eigenvalue weighted by Crippen LogP contribution is -2.58. The van der Waals surface area contributed by atoms with E-state index in [2.05, 4.69) is 26.2 Å². The second kappa shape index (κ2) is 12.5. The Hall–Kier alpha value is -3.91. The van der Waals surface area contributed by atoms with Crippen LogP contribution in [0, 0.1) is 17.7 Å². The summed E-state index contributed by atoms with van der Waals surface area (Å²) < 4.78 is 41.0. The third-order valence-corrected chi connectivity index (χ3v) is 9.21. The van der Waals surface area contributed by atoms with Crippen molar-refractivity contribution in [2.75, 3.05) is 37.8 Å². The van der Waals surface area contributed by atoms with Crippen LogP contribution in [0.4, 0.5) is 14.9 Å². The van der Waals surface area contributed by atoms with Crippen LogP contribution in [0.25, 0.3) is 11.4 Å². The average Bonchev–Trinajstić information content (AvgIpc) is 3.39. The number of hydrogen-bond acceptors (Lipinski definition) is 7. The smallest absolute Gasteiger partial charge is 0.319 e. The molecule has 0 bridgehead atoms. The van der Waals surface area contributed by atoms with E-state index in [1.54, 1.807) is 42.3 Å². The van der Waals surface area contributed by atoms with E-state index < -0.39 is 28.0 Å². The van der Waals surface area contributed by atoms with Crippen LogP contribution in [-0.2, 0) is 28.3 Å². The molecule has 1 aromatic heterocycles. The molecule has 2 fully saturated rings. The highest BCUT2D eigenvalue weighted by Crippen LogP contribution is 2.27. The molecule has 2 aromatic carbocycles. The van der Waals surface area contributed by atoms with Crippen molar-refractivity contribution in [3.8, 4) is 11.4 Å². The number of carbonyl (C=O) groups excluding carboxylic acids is 2. The second-order valence-corrected chi connectivity index (χ2v) is 13.0. The molecular formula is C28H35FN8O4S. The number of sulfonamides is 1. The van der Waals surface area contributed by atoms with Crippen LogP contribution in [0.3, 0.4) is 0 Å². The minimum Gasteiger partial charge on any atom is -0.342 e. The SMILES string of the molecule is Cn1nnnc1-c1cccc(NC(=O)N[C@@H]2CCN(S(C)(=O)=O)C[C@H]2C(=O)N2CCCC(Cc3ccc(F)cc3)C2)c1. The van der Waals surface area contributed by atoms with E-state index in [1.165, 1.54) is 21.1 Å². The topological polar surface area (TPSA) is 142 Å². The number of aryl methyl sites for hydroxylation is 1. The van der Waals surface area contributed by atoms with Crippen molar-refractivity contribution in [1.82, 2.24) is 34.7 Å². The van der Waals surface area contributed by atoms with Gasteiger partial charge in [0.05, 0.1) is 12.2 Å². The number of halogens is 1. The van der Waals surface area contributed by atoms with Crippen LogP contribution in [-0.4, -0.2) is 88.2 Å². The van der Waals surface area contributed by atoms with Crippen LogP contribution in [0.1, 0.15) is 24.8 Å². The summed E-state index contributed by atoms with van der Waals surface area (Å²) in [5, 5.41) is 17.2. The molecule has 2 aliphatic rings. The predicted octanol–water partition coefficient (Wildman–Crippen LogP) is 2.27. The monoisotopic (exact) mass is 598 g/mol. The summed E-state index contributed by atoms with van der Waals surface area (Å²) in [6, 6.07) is 12.4. The van der Waals surface area contributed by atoms with Crippen LogP contribution in [0.15, 0.2) is 48.5 Å². The lowest BCUT2D eigenvalue weighted by molar-refractivity contribution is -0.139. The number of likely N-dealkylation sites (tertiary alicyclic amines) is 1.